The van der Waals surface area contributed by atoms with Gasteiger partial charge in [-0.2, -0.15) is 0 Å². The maximum Gasteiger partial charge on any atom is 0.141 e. The van der Waals surface area contributed by atoms with Crippen LogP contribution >= 0.6 is 0 Å². The summed E-state index contributed by atoms with van der Waals surface area (Å²) in [6, 6.07) is 10.4. The normalized spacial score (nSPS) is 24.9. The number of rotatable bonds is 2. The Kier molecular flexibility index (Phi) is 3.72. The zero-order valence-electron chi connectivity index (χ0n) is 10.5. The number of hydrogen-bond acceptors (Lipinski definition) is 2. The van der Waals surface area contributed by atoms with Crippen molar-refractivity contribution < 1.29 is 4.79 Å². The number of carbonyl (C=O) groups excluding carboxylic acids is 1. The standard InChI is InChI=1S/C15H19NO/c1-11-8-9-14(10-15(11)17)16-12(2)13-6-4-3-5-7-13/h3-7,11-12H,8-10H2,1-2H3. The summed E-state index contributed by atoms with van der Waals surface area (Å²) in [5, 5.41) is 0. The number of hydrogen-bond donors (Lipinski definition) is 0. The van der Waals surface area contributed by atoms with Gasteiger partial charge in [0.1, 0.15) is 5.78 Å². The Balaban J connectivity index is 2.07. The van der Waals surface area contributed by atoms with Crippen LogP contribution in [0.25, 0.3) is 0 Å². The average molecular weight is 229 g/mol. The van der Waals surface area contributed by atoms with E-state index in [1.165, 1.54) is 5.56 Å². The van der Waals surface area contributed by atoms with Gasteiger partial charge in [-0.15, -0.1) is 0 Å². The van der Waals surface area contributed by atoms with E-state index in [-0.39, 0.29) is 12.0 Å². The van der Waals surface area contributed by atoms with Gasteiger partial charge in [0, 0.05) is 18.1 Å². The number of benzene rings is 1. The summed E-state index contributed by atoms with van der Waals surface area (Å²) in [5.41, 5.74) is 2.29. The second-order valence-electron chi connectivity index (χ2n) is 4.86. The Morgan fingerprint density at radius 3 is 2.65 bits per heavy atom. The molecule has 0 bridgehead atoms. The van der Waals surface area contributed by atoms with Gasteiger partial charge in [0.15, 0.2) is 0 Å². The van der Waals surface area contributed by atoms with Crippen LogP contribution in [0, 0.1) is 5.92 Å². The molecule has 0 saturated heterocycles. The third kappa shape index (κ3) is 3.02. The predicted octanol–water partition coefficient (Wildman–Crippen LogP) is 3.58. The highest BCUT2D eigenvalue weighted by atomic mass is 16.1. The van der Waals surface area contributed by atoms with E-state index >= 15 is 0 Å². The molecule has 1 aromatic carbocycles. The predicted molar refractivity (Wildman–Crippen MR) is 70.3 cm³/mol. The molecule has 2 rings (SSSR count). The summed E-state index contributed by atoms with van der Waals surface area (Å²) in [5.74, 6) is 0.566. The molecule has 0 radical (unpaired) electrons. The van der Waals surface area contributed by atoms with Crippen molar-refractivity contribution in [2.45, 2.75) is 39.2 Å². The quantitative estimate of drug-likeness (QED) is 0.762. The molecule has 1 saturated carbocycles. The molecule has 1 aliphatic carbocycles. The Morgan fingerprint density at radius 1 is 1.29 bits per heavy atom. The number of Topliss-reactive ketones (excluding diaryl/α,β-unsaturated/α-hetero) is 1. The summed E-state index contributed by atoms with van der Waals surface area (Å²) >= 11 is 0. The van der Waals surface area contributed by atoms with Crippen LogP contribution in [-0.4, -0.2) is 11.5 Å². The van der Waals surface area contributed by atoms with E-state index in [9.17, 15) is 4.79 Å². The molecule has 0 aliphatic heterocycles. The van der Waals surface area contributed by atoms with Crippen molar-refractivity contribution in [3.05, 3.63) is 35.9 Å². The first-order chi connectivity index (χ1) is 8.16. The van der Waals surface area contributed by atoms with Gasteiger partial charge < -0.3 is 0 Å². The number of ketones is 1. The smallest absolute Gasteiger partial charge is 0.141 e. The highest BCUT2D eigenvalue weighted by Gasteiger charge is 2.22. The second-order valence-corrected chi connectivity index (χ2v) is 4.86. The topological polar surface area (TPSA) is 29.4 Å². The Hall–Kier alpha value is -1.44. The van der Waals surface area contributed by atoms with Crippen LogP contribution in [0.2, 0.25) is 0 Å². The first-order valence-corrected chi connectivity index (χ1v) is 6.30. The van der Waals surface area contributed by atoms with Gasteiger partial charge in [0.05, 0.1) is 6.04 Å². The molecule has 2 unspecified atom stereocenters. The molecule has 2 heteroatoms. The van der Waals surface area contributed by atoms with Crippen molar-refractivity contribution in [2.24, 2.45) is 10.9 Å². The zero-order valence-corrected chi connectivity index (χ0v) is 10.5. The molecular weight excluding hydrogens is 210 g/mol. The van der Waals surface area contributed by atoms with Gasteiger partial charge in [-0.25, -0.2) is 0 Å². The van der Waals surface area contributed by atoms with E-state index in [1.807, 2.05) is 25.1 Å². The lowest BCUT2D eigenvalue weighted by Crippen LogP contribution is -2.23. The number of aliphatic imine (C=N–C) groups is 1. The van der Waals surface area contributed by atoms with E-state index in [0.29, 0.717) is 12.2 Å². The Labute approximate surface area is 103 Å². The Morgan fingerprint density at radius 2 is 2.00 bits per heavy atom. The molecule has 0 spiro atoms. The number of nitrogens with zero attached hydrogens (tertiary/aromatic N) is 1. The highest BCUT2D eigenvalue weighted by molar-refractivity contribution is 6.04. The summed E-state index contributed by atoms with van der Waals surface area (Å²) < 4.78 is 0. The number of carbonyl (C=O) groups is 1. The van der Waals surface area contributed by atoms with Crippen molar-refractivity contribution in [1.29, 1.82) is 0 Å². The minimum absolute atomic E-state index is 0.160. The maximum atomic E-state index is 11.6. The van der Waals surface area contributed by atoms with Crippen molar-refractivity contribution in [1.82, 2.24) is 0 Å². The summed E-state index contributed by atoms with van der Waals surface area (Å²) in [7, 11) is 0. The van der Waals surface area contributed by atoms with Gasteiger partial charge in [-0.3, -0.25) is 9.79 Å². The lowest BCUT2D eigenvalue weighted by molar-refractivity contribution is -0.121. The van der Waals surface area contributed by atoms with Gasteiger partial charge >= 0.3 is 0 Å². The van der Waals surface area contributed by atoms with Crippen LogP contribution in [0.4, 0.5) is 0 Å². The fourth-order valence-corrected chi connectivity index (χ4v) is 2.20. The molecule has 0 aromatic heterocycles. The van der Waals surface area contributed by atoms with Crippen LogP contribution in [-0.2, 0) is 4.79 Å². The zero-order chi connectivity index (χ0) is 12.3. The minimum atomic E-state index is 0.160. The largest absolute Gasteiger partial charge is 0.299 e. The van der Waals surface area contributed by atoms with Crippen LogP contribution in [0.15, 0.2) is 35.3 Å². The van der Waals surface area contributed by atoms with Gasteiger partial charge in [-0.05, 0) is 25.3 Å². The van der Waals surface area contributed by atoms with Crippen LogP contribution < -0.4 is 0 Å². The Bertz CT molecular complexity index is 422. The molecular formula is C15H19NO. The lowest BCUT2D eigenvalue weighted by Gasteiger charge is -2.19. The van der Waals surface area contributed by atoms with Gasteiger partial charge in [0.25, 0.3) is 0 Å². The summed E-state index contributed by atoms with van der Waals surface area (Å²) in [6.07, 6.45) is 2.49. The van der Waals surface area contributed by atoms with Crippen LogP contribution in [0.1, 0.15) is 44.7 Å². The van der Waals surface area contributed by atoms with Crippen LogP contribution in [0.5, 0.6) is 0 Å². The molecule has 17 heavy (non-hydrogen) atoms. The summed E-state index contributed by atoms with van der Waals surface area (Å²) in [6.45, 7) is 4.10. The molecule has 0 amide bonds. The highest BCUT2D eigenvalue weighted by Crippen LogP contribution is 2.22. The van der Waals surface area contributed by atoms with Crippen LogP contribution in [0.3, 0.4) is 0 Å². The third-order valence-corrected chi connectivity index (χ3v) is 3.45. The fraction of sp³-hybridized carbons (Fsp3) is 0.467. The maximum absolute atomic E-state index is 11.6. The molecule has 0 N–H and O–H groups in total. The van der Waals surface area contributed by atoms with E-state index in [2.05, 4.69) is 24.0 Å². The van der Waals surface area contributed by atoms with Crippen molar-refractivity contribution in [3.8, 4) is 0 Å². The molecule has 1 aliphatic rings. The molecule has 0 heterocycles. The lowest BCUT2D eigenvalue weighted by atomic mass is 9.88. The van der Waals surface area contributed by atoms with E-state index in [4.69, 9.17) is 0 Å². The van der Waals surface area contributed by atoms with Crippen molar-refractivity contribution in [2.75, 3.05) is 0 Å². The first-order valence-electron chi connectivity index (χ1n) is 6.30. The second kappa shape index (κ2) is 5.26. The van der Waals surface area contributed by atoms with Gasteiger partial charge in [0.2, 0.25) is 0 Å². The minimum Gasteiger partial charge on any atom is -0.299 e. The molecule has 1 fully saturated rings. The monoisotopic (exact) mass is 229 g/mol. The summed E-state index contributed by atoms with van der Waals surface area (Å²) in [4.78, 5) is 16.3. The van der Waals surface area contributed by atoms with Crippen molar-refractivity contribution >= 4 is 11.5 Å². The fourth-order valence-electron chi connectivity index (χ4n) is 2.20. The first kappa shape index (κ1) is 12.0. The van der Waals surface area contributed by atoms with E-state index in [0.717, 1.165) is 18.6 Å². The molecule has 2 atom stereocenters. The molecule has 1 aromatic rings. The molecule has 2 nitrogen and oxygen atoms in total. The molecule has 90 valence electrons. The third-order valence-electron chi connectivity index (χ3n) is 3.45. The van der Waals surface area contributed by atoms with Crippen molar-refractivity contribution in [3.63, 3.8) is 0 Å². The SMILES string of the molecule is CC1CCC(=NC(C)c2ccccc2)CC1=O. The van der Waals surface area contributed by atoms with E-state index < -0.39 is 0 Å². The average Bonchev–Trinajstić information content (AvgIpc) is 2.35. The van der Waals surface area contributed by atoms with Gasteiger partial charge in [-0.1, -0.05) is 37.3 Å². The van der Waals surface area contributed by atoms with E-state index in [1.54, 1.807) is 0 Å².